The molecule has 8 atom stereocenters. The smallest absolute Gasteiger partial charge is 0.462 e. The predicted molar refractivity (Wildman–Crippen MR) is 221 cm³/mol. The molecule has 1 rings (SSSR count). The van der Waals surface area contributed by atoms with Gasteiger partial charge >= 0.3 is 19.8 Å². The Bertz CT molecular complexity index is 1060. The normalized spacial score (nSPS) is 22.7. The number of carbonyl (C=O) groups excluding carboxylic acids is 2. The zero-order chi connectivity index (χ0) is 42.2. The number of aliphatic hydroxyl groups excluding tert-OH is 5. The standard InChI is InChI=1S/C43H81O13P/c1-3-5-7-9-11-13-15-17-18-20-22-24-26-28-30-32-37(45)55-35(34-54-57(51,52)56-43-41(49)39(47)38(46)40(48)42(43)50)33-53-36(44)31-29-27-25-23-21-19-16-14-12-10-8-6-4-2/h14,16,35,38-43,46-50H,3-13,15,17-34H2,1-2H3,(H,51,52)/t35-,38?,39-,40?,41?,42?,43?/m1/s1. The number of carbonyl (C=O) groups is 2. The lowest BCUT2D eigenvalue weighted by molar-refractivity contribution is -0.220. The van der Waals surface area contributed by atoms with Crippen LogP contribution >= 0.6 is 7.82 Å². The van der Waals surface area contributed by atoms with Gasteiger partial charge in [0, 0.05) is 12.8 Å². The molecule has 0 aromatic heterocycles. The van der Waals surface area contributed by atoms with Gasteiger partial charge in [0.25, 0.3) is 0 Å². The summed E-state index contributed by atoms with van der Waals surface area (Å²) in [6.45, 7) is 3.28. The van der Waals surface area contributed by atoms with Gasteiger partial charge in [-0.2, -0.15) is 0 Å². The molecular formula is C43H81O13P. The third-order valence-corrected chi connectivity index (χ3v) is 11.6. The Morgan fingerprint density at radius 2 is 0.895 bits per heavy atom. The Hall–Kier alpha value is -1.41. The third-order valence-electron chi connectivity index (χ3n) is 10.6. The second-order valence-corrected chi connectivity index (χ2v) is 17.3. The van der Waals surface area contributed by atoms with Crippen LogP contribution in [0.4, 0.5) is 0 Å². The van der Waals surface area contributed by atoms with E-state index in [4.69, 9.17) is 18.5 Å². The number of rotatable bonds is 37. The fourth-order valence-electron chi connectivity index (χ4n) is 6.93. The summed E-state index contributed by atoms with van der Waals surface area (Å²) >= 11 is 0. The van der Waals surface area contributed by atoms with Crippen molar-refractivity contribution in [2.24, 2.45) is 0 Å². The second kappa shape index (κ2) is 34.3. The van der Waals surface area contributed by atoms with E-state index in [0.29, 0.717) is 12.8 Å². The fourth-order valence-corrected chi connectivity index (χ4v) is 7.90. The lowest BCUT2D eigenvalue weighted by atomic mass is 9.85. The van der Waals surface area contributed by atoms with Gasteiger partial charge in [-0.25, -0.2) is 4.57 Å². The molecule has 13 nitrogen and oxygen atoms in total. The quantitative estimate of drug-likeness (QED) is 0.0151. The van der Waals surface area contributed by atoms with Crippen molar-refractivity contribution < 1.29 is 63.1 Å². The molecule has 1 saturated carbocycles. The van der Waals surface area contributed by atoms with E-state index in [1.165, 1.54) is 96.3 Å². The average molecular weight is 837 g/mol. The fraction of sp³-hybridized carbons (Fsp3) is 0.907. The molecule has 6 unspecified atom stereocenters. The molecule has 0 aromatic rings. The van der Waals surface area contributed by atoms with Crippen LogP contribution in [0.5, 0.6) is 0 Å². The lowest BCUT2D eigenvalue weighted by Gasteiger charge is -2.41. The molecule has 0 amide bonds. The van der Waals surface area contributed by atoms with E-state index in [1.54, 1.807) is 0 Å². The highest BCUT2D eigenvalue weighted by Gasteiger charge is 2.51. The molecule has 0 aliphatic heterocycles. The summed E-state index contributed by atoms with van der Waals surface area (Å²) in [6, 6.07) is 0. The largest absolute Gasteiger partial charge is 0.472 e. The number of allylic oxidation sites excluding steroid dienone is 2. The van der Waals surface area contributed by atoms with Crippen LogP contribution in [0, 0.1) is 0 Å². The molecule has 0 spiro atoms. The molecule has 0 bridgehead atoms. The minimum atomic E-state index is -5.11. The topological polar surface area (TPSA) is 210 Å². The monoisotopic (exact) mass is 837 g/mol. The first kappa shape index (κ1) is 53.6. The molecule has 1 aliphatic carbocycles. The van der Waals surface area contributed by atoms with Crippen molar-refractivity contribution >= 4 is 19.8 Å². The molecule has 0 aromatic carbocycles. The van der Waals surface area contributed by atoms with Crippen LogP contribution in [0.15, 0.2) is 12.2 Å². The summed E-state index contributed by atoms with van der Waals surface area (Å²) in [5, 5.41) is 50.1. The van der Waals surface area contributed by atoms with Crippen LogP contribution < -0.4 is 0 Å². The Balaban J connectivity index is 2.47. The van der Waals surface area contributed by atoms with E-state index in [0.717, 1.165) is 57.8 Å². The van der Waals surface area contributed by atoms with Crippen molar-refractivity contribution in [2.75, 3.05) is 13.2 Å². The van der Waals surface area contributed by atoms with Crippen LogP contribution in [-0.2, 0) is 32.7 Å². The summed E-state index contributed by atoms with van der Waals surface area (Å²) in [7, 11) is -5.11. The number of unbranched alkanes of at least 4 members (excludes halogenated alkanes) is 23. The van der Waals surface area contributed by atoms with Crippen molar-refractivity contribution in [1.29, 1.82) is 0 Å². The number of aliphatic hydroxyl groups is 5. The maximum absolute atomic E-state index is 12.8. The molecule has 0 heterocycles. The van der Waals surface area contributed by atoms with Gasteiger partial charge in [0.15, 0.2) is 6.10 Å². The second-order valence-electron chi connectivity index (χ2n) is 15.9. The molecule has 0 radical (unpaired) electrons. The highest BCUT2D eigenvalue weighted by atomic mass is 31.2. The first-order valence-electron chi connectivity index (χ1n) is 22.5. The molecule has 1 fully saturated rings. The maximum atomic E-state index is 12.8. The van der Waals surface area contributed by atoms with Gasteiger partial charge in [0.1, 0.15) is 43.2 Å². The van der Waals surface area contributed by atoms with E-state index in [1.807, 2.05) is 0 Å². The summed E-state index contributed by atoms with van der Waals surface area (Å²) in [4.78, 5) is 35.6. The van der Waals surface area contributed by atoms with Gasteiger partial charge < -0.3 is 39.9 Å². The zero-order valence-corrected chi connectivity index (χ0v) is 36.3. The number of ether oxygens (including phenoxy) is 2. The first-order valence-corrected chi connectivity index (χ1v) is 24.0. The highest BCUT2D eigenvalue weighted by molar-refractivity contribution is 7.47. The summed E-state index contributed by atoms with van der Waals surface area (Å²) in [5.41, 5.74) is 0. The highest BCUT2D eigenvalue weighted by Crippen LogP contribution is 2.47. The number of esters is 2. The van der Waals surface area contributed by atoms with Crippen molar-refractivity contribution in [1.82, 2.24) is 0 Å². The SMILES string of the molecule is CCCCCCC=CCCCCCCCC(=O)OC[C@H](COP(=O)(O)OC1C(O)C(O)C(O)[C@@H](O)C1O)OC(=O)CCCCCCCCCCCCCCCCC. The van der Waals surface area contributed by atoms with Crippen LogP contribution in [0.2, 0.25) is 0 Å². The number of phosphoric ester groups is 1. The molecule has 0 saturated heterocycles. The molecule has 14 heteroatoms. The molecule has 6 N–H and O–H groups in total. The van der Waals surface area contributed by atoms with Gasteiger partial charge in [-0.05, 0) is 38.5 Å². The van der Waals surface area contributed by atoms with Crippen LogP contribution in [-0.4, -0.2) is 98.3 Å². The number of phosphoric acid groups is 1. The van der Waals surface area contributed by atoms with E-state index in [9.17, 15) is 44.6 Å². The maximum Gasteiger partial charge on any atom is 0.472 e. The van der Waals surface area contributed by atoms with E-state index in [2.05, 4.69) is 26.0 Å². The summed E-state index contributed by atoms with van der Waals surface area (Å²) in [5.74, 6) is -1.10. The van der Waals surface area contributed by atoms with Crippen LogP contribution in [0.1, 0.15) is 194 Å². The van der Waals surface area contributed by atoms with Crippen LogP contribution in [0.25, 0.3) is 0 Å². The van der Waals surface area contributed by atoms with Crippen molar-refractivity contribution in [2.45, 2.75) is 236 Å². The van der Waals surface area contributed by atoms with E-state index < -0.39 is 75.7 Å². The summed E-state index contributed by atoms with van der Waals surface area (Å²) in [6.07, 6.45) is 21.3. The lowest BCUT2D eigenvalue weighted by Crippen LogP contribution is -2.64. The Labute approximate surface area is 343 Å². The molecule has 1 aliphatic rings. The van der Waals surface area contributed by atoms with Gasteiger partial charge in [-0.1, -0.05) is 154 Å². The molecular weight excluding hydrogens is 755 g/mol. The predicted octanol–water partition coefficient (Wildman–Crippen LogP) is 8.28. The third kappa shape index (κ3) is 27.1. The Kier molecular flexibility index (Phi) is 32.3. The number of hydrogen-bond donors (Lipinski definition) is 6. The van der Waals surface area contributed by atoms with Crippen molar-refractivity contribution in [3.8, 4) is 0 Å². The molecule has 57 heavy (non-hydrogen) atoms. The van der Waals surface area contributed by atoms with E-state index in [-0.39, 0.29) is 12.8 Å². The Morgan fingerprint density at radius 1 is 0.526 bits per heavy atom. The zero-order valence-electron chi connectivity index (χ0n) is 35.4. The minimum absolute atomic E-state index is 0.100. The van der Waals surface area contributed by atoms with Gasteiger partial charge in [0.2, 0.25) is 0 Å². The van der Waals surface area contributed by atoms with Crippen LogP contribution in [0.3, 0.4) is 0 Å². The van der Waals surface area contributed by atoms with Crippen molar-refractivity contribution in [3.05, 3.63) is 12.2 Å². The van der Waals surface area contributed by atoms with Gasteiger partial charge in [-0.3, -0.25) is 18.6 Å². The first-order chi connectivity index (χ1) is 27.4. The average Bonchev–Trinajstić information content (AvgIpc) is 3.19. The van der Waals surface area contributed by atoms with Crippen molar-refractivity contribution in [3.63, 3.8) is 0 Å². The van der Waals surface area contributed by atoms with Gasteiger partial charge in [0.05, 0.1) is 6.61 Å². The van der Waals surface area contributed by atoms with E-state index >= 15 is 0 Å². The van der Waals surface area contributed by atoms with Gasteiger partial charge in [-0.15, -0.1) is 0 Å². The molecule has 336 valence electrons. The number of hydrogen-bond acceptors (Lipinski definition) is 12. The minimum Gasteiger partial charge on any atom is -0.462 e. The Morgan fingerprint density at radius 3 is 1.35 bits per heavy atom. The summed E-state index contributed by atoms with van der Waals surface area (Å²) < 4.78 is 33.5.